The normalized spacial score (nSPS) is 12.9. The second-order valence-electron chi connectivity index (χ2n) is 6.70. The second-order valence-corrected chi connectivity index (χ2v) is 6.70. The average Bonchev–Trinajstić information content (AvgIpc) is 3.11. The lowest BCUT2D eigenvalue weighted by molar-refractivity contribution is 0.628. The minimum atomic E-state index is -0.204. The van der Waals surface area contributed by atoms with Crippen LogP contribution in [0.25, 0.3) is 27.5 Å². The van der Waals surface area contributed by atoms with E-state index in [2.05, 4.69) is 60.7 Å². The SMILES string of the molecule is Fc1ccc(-c2c3c(cc4ccccc24)CC=C3c2ccccc2)cc1. The van der Waals surface area contributed by atoms with Crippen molar-refractivity contribution in [3.63, 3.8) is 0 Å². The Labute approximate surface area is 152 Å². The highest BCUT2D eigenvalue weighted by Crippen LogP contribution is 2.43. The Hall–Kier alpha value is -3.19. The Morgan fingerprint density at radius 2 is 1.38 bits per heavy atom. The molecule has 1 aliphatic rings. The molecular weight excluding hydrogens is 319 g/mol. The van der Waals surface area contributed by atoms with Gasteiger partial charge in [0.05, 0.1) is 0 Å². The van der Waals surface area contributed by atoms with Crippen LogP contribution in [0.4, 0.5) is 4.39 Å². The fourth-order valence-corrected chi connectivity index (χ4v) is 3.98. The van der Waals surface area contributed by atoms with Crippen LogP contribution in [-0.2, 0) is 6.42 Å². The topological polar surface area (TPSA) is 0 Å². The van der Waals surface area contributed by atoms with Crippen molar-refractivity contribution in [3.05, 3.63) is 114 Å². The van der Waals surface area contributed by atoms with E-state index in [0.717, 1.165) is 12.0 Å². The Morgan fingerprint density at radius 3 is 2.19 bits per heavy atom. The molecule has 0 atom stereocenters. The van der Waals surface area contributed by atoms with Gasteiger partial charge >= 0.3 is 0 Å². The first-order valence-corrected chi connectivity index (χ1v) is 8.88. The molecule has 4 aromatic carbocycles. The molecular formula is C25H17F. The van der Waals surface area contributed by atoms with Crippen LogP contribution in [0.15, 0.2) is 91.0 Å². The van der Waals surface area contributed by atoms with E-state index in [-0.39, 0.29) is 5.82 Å². The summed E-state index contributed by atoms with van der Waals surface area (Å²) in [4.78, 5) is 0. The summed E-state index contributed by atoms with van der Waals surface area (Å²) in [5.74, 6) is -0.204. The number of halogens is 1. The molecule has 26 heavy (non-hydrogen) atoms. The predicted octanol–water partition coefficient (Wildman–Crippen LogP) is 6.63. The van der Waals surface area contributed by atoms with E-state index in [9.17, 15) is 4.39 Å². The number of fused-ring (bicyclic) bond motifs is 2. The van der Waals surface area contributed by atoms with Gasteiger partial charge in [-0.3, -0.25) is 0 Å². The van der Waals surface area contributed by atoms with E-state index >= 15 is 0 Å². The molecule has 5 rings (SSSR count). The fourth-order valence-electron chi connectivity index (χ4n) is 3.98. The summed E-state index contributed by atoms with van der Waals surface area (Å²) in [7, 11) is 0. The quantitative estimate of drug-likeness (QED) is 0.385. The van der Waals surface area contributed by atoms with Crippen LogP contribution in [0.1, 0.15) is 16.7 Å². The number of benzene rings is 4. The summed E-state index contributed by atoms with van der Waals surface area (Å²) < 4.78 is 13.5. The van der Waals surface area contributed by atoms with Gasteiger partial charge in [-0.15, -0.1) is 0 Å². The third-order valence-corrected chi connectivity index (χ3v) is 5.14. The number of hydrogen-bond acceptors (Lipinski definition) is 0. The highest BCUT2D eigenvalue weighted by Gasteiger charge is 2.22. The van der Waals surface area contributed by atoms with Crippen LogP contribution in [0.5, 0.6) is 0 Å². The first-order valence-electron chi connectivity index (χ1n) is 8.88. The second kappa shape index (κ2) is 5.96. The maximum atomic E-state index is 13.5. The third kappa shape index (κ3) is 2.36. The molecule has 0 heterocycles. The number of hydrogen-bond donors (Lipinski definition) is 0. The maximum Gasteiger partial charge on any atom is 0.123 e. The van der Waals surface area contributed by atoms with Crippen molar-refractivity contribution in [2.75, 3.05) is 0 Å². The van der Waals surface area contributed by atoms with E-state index < -0.39 is 0 Å². The van der Waals surface area contributed by atoms with Crippen molar-refractivity contribution in [3.8, 4) is 11.1 Å². The van der Waals surface area contributed by atoms with Crippen LogP contribution in [0.2, 0.25) is 0 Å². The van der Waals surface area contributed by atoms with Crippen LogP contribution in [-0.4, -0.2) is 0 Å². The molecule has 0 amide bonds. The van der Waals surface area contributed by atoms with Gasteiger partial charge in [0.1, 0.15) is 5.82 Å². The number of allylic oxidation sites excluding steroid dienone is 1. The highest BCUT2D eigenvalue weighted by molar-refractivity contribution is 6.06. The van der Waals surface area contributed by atoms with Crippen molar-refractivity contribution in [1.29, 1.82) is 0 Å². The van der Waals surface area contributed by atoms with Crippen LogP contribution >= 0.6 is 0 Å². The van der Waals surface area contributed by atoms with Gasteiger partial charge < -0.3 is 0 Å². The molecule has 0 aromatic heterocycles. The van der Waals surface area contributed by atoms with Gasteiger partial charge in [0, 0.05) is 0 Å². The van der Waals surface area contributed by atoms with Crippen LogP contribution in [0, 0.1) is 5.82 Å². The fraction of sp³-hybridized carbons (Fsp3) is 0.0400. The van der Waals surface area contributed by atoms with E-state index in [1.165, 1.54) is 38.6 Å². The summed E-state index contributed by atoms with van der Waals surface area (Å²) >= 11 is 0. The summed E-state index contributed by atoms with van der Waals surface area (Å²) in [5.41, 5.74) is 7.37. The van der Waals surface area contributed by atoms with Crippen LogP contribution in [0.3, 0.4) is 0 Å². The van der Waals surface area contributed by atoms with Crippen molar-refractivity contribution in [1.82, 2.24) is 0 Å². The largest absolute Gasteiger partial charge is 0.207 e. The van der Waals surface area contributed by atoms with Gasteiger partial charge in [0.2, 0.25) is 0 Å². The molecule has 1 heteroatoms. The molecule has 0 saturated heterocycles. The van der Waals surface area contributed by atoms with Gasteiger partial charge in [-0.2, -0.15) is 0 Å². The smallest absolute Gasteiger partial charge is 0.123 e. The highest BCUT2D eigenvalue weighted by atomic mass is 19.1. The van der Waals surface area contributed by atoms with Crippen molar-refractivity contribution in [2.45, 2.75) is 6.42 Å². The molecule has 0 radical (unpaired) electrons. The maximum absolute atomic E-state index is 13.5. The summed E-state index contributed by atoms with van der Waals surface area (Å²) in [6, 6.07) is 28.1. The van der Waals surface area contributed by atoms with Crippen molar-refractivity contribution < 1.29 is 4.39 Å². The molecule has 124 valence electrons. The van der Waals surface area contributed by atoms with Crippen molar-refractivity contribution >= 4 is 16.3 Å². The summed E-state index contributed by atoms with van der Waals surface area (Å²) in [6.07, 6.45) is 3.24. The predicted molar refractivity (Wildman–Crippen MR) is 107 cm³/mol. The first-order chi connectivity index (χ1) is 12.8. The van der Waals surface area contributed by atoms with Gasteiger partial charge in [-0.05, 0) is 62.7 Å². The summed E-state index contributed by atoms with van der Waals surface area (Å²) in [6.45, 7) is 0. The van der Waals surface area contributed by atoms with Gasteiger partial charge in [-0.1, -0.05) is 78.9 Å². The van der Waals surface area contributed by atoms with E-state index in [1.807, 2.05) is 18.2 Å². The Kier molecular flexibility index (Phi) is 3.46. The Balaban J connectivity index is 1.85. The van der Waals surface area contributed by atoms with E-state index in [4.69, 9.17) is 0 Å². The molecule has 0 spiro atoms. The number of rotatable bonds is 2. The summed E-state index contributed by atoms with van der Waals surface area (Å²) in [5, 5.41) is 2.44. The molecule has 4 aromatic rings. The zero-order valence-corrected chi connectivity index (χ0v) is 14.2. The Bertz CT molecular complexity index is 1140. The van der Waals surface area contributed by atoms with E-state index in [1.54, 1.807) is 12.1 Å². The third-order valence-electron chi connectivity index (χ3n) is 5.14. The first kappa shape index (κ1) is 15.1. The van der Waals surface area contributed by atoms with Gasteiger partial charge in [0.15, 0.2) is 0 Å². The zero-order valence-electron chi connectivity index (χ0n) is 14.2. The lowest BCUT2D eigenvalue weighted by Crippen LogP contribution is -1.95. The molecule has 1 aliphatic carbocycles. The molecule has 0 aliphatic heterocycles. The molecule has 0 fully saturated rings. The lowest BCUT2D eigenvalue weighted by Gasteiger charge is -2.17. The molecule has 0 bridgehead atoms. The van der Waals surface area contributed by atoms with Gasteiger partial charge in [0.25, 0.3) is 0 Å². The molecule has 0 saturated carbocycles. The average molecular weight is 336 g/mol. The lowest BCUT2D eigenvalue weighted by atomic mass is 9.87. The molecule has 0 unspecified atom stereocenters. The molecule has 0 N–H and O–H groups in total. The standard InChI is InChI=1S/C25H17F/c26-21-13-10-18(11-14-21)24-22-9-5-4-8-19(22)16-20-12-15-23(25(20)24)17-6-2-1-3-7-17/h1-11,13-16H,12H2. The van der Waals surface area contributed by atoms with E-state index in [0.29, 0.717) is 0 Å². The Morgan fingerprint density at radius 1 is 0.654 bits per heavy atom. The van der Waals surface area contributed by atoms with Crippen molar-refractivity contribution in [2.24, 2.45) is 0 Å². The minimum Gasteiger partial charge on any atom is -0.207 e. The molecule has 0 nitrogen and oxygen atoms in total. The van der Waals surface area contributed by atoms with Crippen LogP contribution < -0.4 is 0 Å². The van der Waals surface area contributed by atoms with Gasteiger partial charge in [-0.25, -0.2) is 4.39 Å². The zero-order chi connectivity index (χ0) is 17.5. The minimum absolute atomic E-state index is 0.204. The monoisotopic (exact) mass is 336 g/mol.